The molecule has 2 aliphatic rings. The predicted octanol–water partition coefficient (Wildman–Crippen LogP) is 3.20. The molecular formula is C21H28N2O5. The van der Waals surface area contributed by atoms with Crippen LogP contribution >= 0.6 is 0 Å². The zero-order chi connectivity index (χ0) is 20.1. The largest absolute Gasteiger partial charge is 0.497 e. The van der Waals surface area contributed by atoms with E-state index in [4.69, 9.17) is 4.74 Å². The van der Waals surface area contributed by atoms with Gasteiger partial charge in [-0.25, -0.2) is 4.79 Å². The Kier molecular flexibility index (Phi) is 6.54. The molecule has 3 rings (SSSR count). The highest BCUT2D eigenvalue weighted by Gasteiger charge is 2.30. The smallest absolute Gasteiger partial charge is 0.337 e. The van der Waals surface area contributed by atoms with Crippen LogP contribution in [0.15, 0.2) is 18.2 Å². The van der Waals surface area contributed by atoms with Gasteiger partial charge in [-0.15, -0.1) is 0 Å². The van der Waals surface area contributed by atoms with Crippen LogP contribution in [0.2, 0.25) is 0 Å². The van der Waals surface area contributed by atoms with E-state index in [0.717, 1.165) is 38.5 Å². The highest BCUT2D eigenvalue weighted by atomic mass is 16.5. The number of aromatic carboxylic acids is 1. The summed E-state index contributed by atoms with van der Waals surface area (Å²) in [5.74, 6) is -0.724. The first-order valence-corrected chi connectivity index (χ1v) is 10.0. The van der Waals surface area contributed by atoms with Crippen molar-refractivity contribution in [3.05, 3.63) is 23.8 Å². The quantitative estimate of drug-likeness (QED) is 0.694. The summed E-state index contributed by atoms with van der Waals surface area (Å²) < 4.78 is 5.05. The van der Waals surface area contributed by atoms with Gasteiger partial charge in [0.25, 0.3) is 0 Å². The molecule has 3 N–H and O–H groups in total. The van der Waals surface area contributed by atoms with Gasteiger partial charge in [-0.3, -0.25) is 9.59 Å². The van der Waals surface area contributed by atoms with Crippen LogP contribution in [0.5, 0.6) is 5.75 Å². The van der Waals surface area contributed by atoms with E-state index in [-0.39, 0.29) is 40.9 Å². The molecule has 0 aliphatic heterocycles. The van der Waals surface area contributed by atoms with Crippen molar-refractivity contribution >= 4 is 23.5 Å². The monoisotopic (exact) mass is 388 g/mol. The number of carboxylic acid groups (broad SMARTS) is 1. The van der Waals surface area contributed by atoms with Crippen molar-refractivity contribution in [1.82, 2.24) is 5.32 Å². The highest BCUT2D eigenvalue weighted by molar-refractivity contribution is 6.01. The third-order valence-corrected chi connectivity index (χ3v) is 5.89. The molecule has 2 aliphatic carbocycles. The van der Waals surface area contributed by atoms with Crippen molar-refractivity contribution in [3.63, 3.8) is 0 Å². The molecule has 1 aromatic carbocycles. The van der Waals surface area contributed by atoms with E-state index < -0.39 is 5.97 Å². The van der Waals surface area contributed by atoms with Gasteiger partial charge in [0.15, 0.2) is 0 Å². The lowest BCUT2D eigenvalue weighted by Gasteiger charge is -2.29. The molecule has 0 heterocycles. The number of amides is 2. The molecule has 7 nitrogen and oxygen atoms in total. The summed E-state index contributed by atoms with van der Waals surface area (Å²) in [4.78, 5) is 36.3. The van der Waals surface area contributed by atoms with Gasteiger partial charge in [0.1, 0.15) is 5.75 Å². The number of anilines is 1. The average Bonchev–Trinajstić information content (AvgIpc) is 3.23. The van der Waals surface area contributed by atoms with Crippen LogP contribution in [0.1, 0.15) is 61.7 Å². The molecule has 2 amide bonds. The number of carboxylic acids is 1. The van der Waals surface area contributed by atoms with Gasteiger partial charge in [0, 0.05) is 17.9 Å². The third kappa shape index (κ3) is 4.82. The Balaban J connectivity index is 1.53. The zero-order valence-corrected chi connectivity index (χ0v) is 16.2. The number of methoxy groups -OCH3 is 1. The van der Waals surface area contributed by atoms with Gasteiger partial charge in [0.05, 0.1) is 18.4 Å². The van der Waals surface area contributed by atoms with E-state index >= 15 is 0 Å². The average molecular weight is 388 g/mol. The number of carbonyl (C=O) groups excluding carboxylic acids is 2. The molecule has 0 spiro atoms. The standard InChI is InChI=1S/C21H28N2O5/c1-28-16-10-11-18(17(12-16)21(26)27)23-20(25)14-6-8-15(9-7-14)22-19(24)13-4-2-3-5-13/h10-15H,2-9H2,1H3,(H,22,24)(H,23,25)(H,26,27). The summed E-state index contributed by atoms with van der Waals surface area (Å²) >= 11 is 0. The van der Waals surface area contributed by atoms with Crippen LogP contribution < -0.4 is 15.4 Å². The molecule has 2 saturated carbocycles. The number of benzene rings is 1. The van der Waals surface area contributed by atoms with E-state index in [0.29, 0.717) is 18.6 Å². The molecule has 0 bridgehead atoms. The Morgan fingerprint density at radius 3 is 2.21 bits per heavy atom. The minimum Gasteiger partial charge on any atom is -0.497 e. The van der Waals surface area contributed by atoms with Crippen LogP contribution in [-0.2, 0) is 9.59 Å². The van der Waals surface area contributed by atoms with Gasteiger partial charge in [-0.2, -0.15) is 0 Å². The summed E-state index contributed by atoms with van der Waals surface area (Å²) in [5, 5.41) is 15.3. The summed E-state index contributed by atoms with van der Waals surface area (Å²) in [6.45, 7) is 0. The van der Waals surface area contributed by atoms with Gasteiger partial charge in [0.2, 0.25) is 11.8 Å². The Morgan fingerprint density at radius 1 is 0.964 bits per heavy atom. The maximum atomic E-state index is 12.6. The normalized spacial score (nSPS) is 22.5. The molecule has 28 heavy (non-hydrogen) atoms. The first kappa shape index (κ1) is 20.2. The molecule has 1 aromatic rings. The van der Waals surface area contributed by atoms with E-state index in [9.17, 15) is 19.5 Å². The number of ether oxygens (including phenoxy) is 1. The van der Waals surface area contributed by atoms with Crippen molar-refractivity contribution < 1.29 is 24.2 Å². The van der Waals surface area contributed by atoms with Crippen LogP contribution in [-0.4, -0.2) is 36.0 Å². The summed E-state index contributed by atoms with van der Waals surface area (Å²) in [5.41, 5.74) is 0.278. The summed E-state index contributed by atoms with van der Waals surface area (Å²) in [6.07, 6.45) is 7.13. The molecule has 0 radical (unpaired) electrons. The second kappa shape index (κ2) is 9.08. The summed E-state index contributed by atoms with van der Waals surface area (Å²) in [7, 11) is 1.46. The number of rotatable bonds is 6. The Hall–Kier alpha value is -2.57. The minimum absolute atomic E-state index is 0.00483. The van der Waals surface area contributed by atoms with Crippen molar-refractivity contribution in [2.45, 2.75) is 57.4 Å². The number of nitrogens with one attached hydrogen (secondary N) is 2. The first-order chi connectivity index (χ1) is 13.5. The minimum atomic E-state index is -1.12. The maximum absolute atomic E-state index is 12.6. The topological polar surface area (TPSA) is 105 Å². The van der Waals surface area contributed by atoms with Gasteiger partial charge < -0.3 is 20.5 Å². The van der Waals surface area contributed by atoms with Crippen molar-refractivity contribution in [2.75, 3.05) is 12.4 Å². The molecule has 152 valence electrons. The Morgan fingerprint density at radius 2 is 1.61 bits per heavy atom. The molecule has 0 saturated heterocycles. The lowest BCUT2D eigenvalue weighted by molar-refractivity contribution is -0.125. The molecular weight excluding hydrogens is 360 g/mol. The van der Waals surface area contributed by atoms with Crippen molar-refractivity contribution in [1.29, 1.82) is 0 Å². The van der Waals surface area contributed by atoms with Crippen LogP contribution in [0.4, 0.5) is 5.69 Å². The number of carbonyl (C=O) groups is 3. The molecule has 0 unspecified atom stereocenters. The van der Waals surface area contributed by atoms with E-state index in [2.05, 4.69) is 10.6 Å². The molecule has 7 heteroatoms. The fraction of sp³-hybridized carbons (Fsp3) is 0.571. The molecule has 0 aromatic heterocycles. The highest BCUT2D eigenvalue weighted by Crippen LogP contribution is 2.29. The fourth-order valence-electron chi connectivity index (χ4n) is 4.18. The third-order valence-electron chi connectivity index (χ3n) is 5.89. The maximum Gasteiger partial charge on any atom is 0.337 e. The lowest BCUT2D eigenvalue weighted by Crippen LogP contribution is -2.41. The Bertz CT molecular complexity index is 734. The fourth-order valence-corrected chi connectivity index (χ4v) is 4.18. The number of hydrogen-bond acceptors (Lipinski definition) is 4. The SMILES string of the molecule is COc1ccc(NC(=O)C2CCC(NC(=O)C3CCCC3)CC2)c(C(=O)O)c1. The zero-order valence-electron chi connectivity index (χ0n) is 16.2. The predicted molar refractivity (Wildman–Crippen MR) is 104 cm³/mol. The van der Waals surface area contributed by atoms with Crippen LogP contribution in [0.25, 0.3) is 0 Å². The van der Waals surface area contributed by atoms with Crippen molar-refractivity contribution in [2.24, 2.45) is 11.8 Å². The number of hydrogen-bond donors (Lipinski definition) is 3. The second-order valence-electron chi connectivity index (χ2n) is 7.74. The van der Waals surface area contributed by atoms with Crippen LogP contribution in [0, 0.1) is 11.8 Å². The molecule has 2 fully saturated rings. The summed E-state index contributed by atoms with van der Waals surface area (Å²) in [6, 6.07) is 4.70. The first-order valence-electron chi connectivity index (χ1n) is 10.0. The van der Waals surface area contributed by atoms with E-state index in [1.807, 2.05) is 0 Å². The van der Waals surface area contributed by atoms with E-state index in [1.165, 1.54) is 13.2 Å². The van der Waals surface area contributed by atoms with Gasteiger partial charge in [-0.1, -0.05) is 12.8 Å². The van der Waals surface area contributed by atoms with Gasteiger partial charge >= 0.3 is 5.97 Å². The Labute approximate surface area is 164 Å². The van der Waals surface area contributed by atoms with Crippen LogP contribution in [0.3, 0.4) is 0 Å². The molecule has 0 atom stereocenters. The second-order valence-corrected chi connectivity index (χ2v) is 7.74. The van der Waals surface area contributed by atoms with Crippen molar-refractivity contribution in [3.8, 4) is 5.75 Å². The lowest BCUT2D eigenvalue weighted by atomic mass is 9.85. The van der Waals surface area contributed by atoms with E-state index in [1.54, 1.807) is 12.1 Å². The van der Waals surface area contributed by atoms with Gasteiger partial charge in [-0.05, 0) is 56.7 Å².